The molecule has 6 nitrogen and oxygen atoms in total. The highest BCUT2D eigenvalue weighted by Gasteiger charge is 2.25. The first-order valence-corrected chi connectivity index (χ1v) is 12.2. The molecule has 1 aliphatic heterocycles. The van der Waals surface area contributed by atoms with E-state index in [0.717, 1.165) is 86.5 Å². The van der Waals surface area contributed by atoms with Crippen LogP contribution >= 0.6 is 0 Å². The van der Waals surface area contributed by atoms with Gasteiger partial charge in [-0.1, -0.05) is 6.42 Å². The van der Waals surface area contributed by atoms with E-state index in [0.29, 0.717) is 5.69 Å². The van der Waals surface area contributed by atoms with Crippen molar-refractivity contribution in [1.29, 1.82) is 0 Å². The van der Waals surface area contributed by atoms with Crippen LogP contribution in [0, 0.1) is 12.7 Å². The number of nitrogens with zero attached hydrogens (tertiary/aromatic N) is 4. The number of piperazine rings is 1. The van der Waals surface area contributed by atoms with E-state index in [1.54, 1.807) is 12.1 Å². The summed E-state index contributed by atoms with van der Waals surface area (Å²) in [4.78, 5) is 18.1. The van der Waals surface area contributed by atoms with Gasteiger partial charge in [-0.15, -0.1) is 0 Å². The first-order chi connectivity index (χ1) is 16.5. The highest BCUT2D eigenvalue weighted by molar-refractivity contribution is 6.04. The average molecular weight is 462 g/mol. The van der Waals surface area contributed by atoms with E-state index in [1.807, 2.05) is 17.7 Å². The van der Waals surface area contributed by atoms with Gasteiger partial charge in [0.2, 0.25) is 0 Å². The molecule has 3 aromatic rings. The minimum absolute atomic E-state index is 0.186. The number of likely N-dealkylation sites (N-methyl/N-ethyl adjacent to an activating group) is 1. The Hall–Kier alpha value is -3.19. The summed E-state index contributed by atoms with van der Waals surface area (Å²) in [7, 11) is 2.15. The molecule has 7 heteroatoms. The largest absolute Gasteiger partial charge is 0.369 e. The molecular formula is C27H32FN5O. The number of halogens is 1. The number of carbonyl (C=O) groups is 1. The second kappa shape index (κ2) is 9.58. The van der Waals surface area contributed by atoms with Crippen molar-refractivity contribution < 1.29 is 9.18 Å². The van der Waals surface area contributed by atoms with E-state index in [-0.39, 0.29) is 11.7 Å². The van der Waals surface area contributed by atoms with Gasteiger partial charge < -0.3 is 15.1 Å². The molecule has 34 heavy (non-hydrogen) atoms. The number of hydrogen-bond acceptors (Lipinski definition) is 4. The summed E-state index contributed by atoms with van der Waals surface area (Å²) < 4.78 is 15.3. The fourth-order valence-electron chi connectivity index (χ4n) is 4.98. The maximum absolute atomic E-state index is 13.5. The summed E-state index contributed by atoms with van der Waals surface area (Å²) >= 11 is 0. The van der Waals surface area contributed by atoms with E-state index in [2.05, 4.69) is 34.3 Å². The van der Waals surface area contributed by atoms with Crippen LogP contribution in [0.15, 0.2) is 42.5 Å². The maximum atomic E-state index is 13.5. The zero-order chi connectivity index (χ0) is 23.7. The number of hydrogen-bond donors (Lipinski definition) is 1. The standard InChI is InChI=1S/C27H32FN5O/c1-19-18-22(32-16-14-31(2)15-17-32)12-13-24(19)29-27(34)26-23-6-4-3-5-7-25(23)33(30-26)21-10-8-20(28)9-11-21/h8-13,18H,3-7,14-17H2,1-2H3,(H,29,34). The van der Waals surface area contributed by atoms with Crippen molar-refractivity contribution in [3.8, 4) is 5.69 Å². The van der Waals surface area contributed by atoms with E-state index in [1.165, 1.54) is 17.8 Å². The topological polar surface area (TPSA) is 53.4 Å². The van der Waals surface area contributed by atoms with Gasteiger partial charge in [0.1, 0.15) is 5.82 Å². The van der Waals surface area contributed by atoms with Gasteiger partial charge in [-0.2, -0.15) is 5.10 Å². The fraction of sp³-hybridized carbons (Fsp3) is 0.407. The van der Waals surface area contributed by atoms with Gasteiger partial charge in [0.25, 0.3) is 5.91 Å². The molecule has 178 valence electrons. The Balaban J connectivity index is 1.41. The van der Waals surface area contributed by atoms with Gasteiger partial charge in [-0.25, -0.2) is 9.07 Å². The summed E-state index contributed by atoms with van der Waals surface area (Å²) in [5, 5.41) is 7.83. The Bertz CT molecular complexity index is 1180. The van der Waals surface area contributed by atoms with E-state index in [4.69, 9.17) is 5.10 Å². The molecule has 0 saturated carbocycles. The van der Waals surface area contributed by atoms with Crippen LogP contribution < -0.4 is 10.2 Å². The number of aryl methyl sites for hydroxylation is 1. The van der Waals surface area contributed by atoms with Crippen LogP contribution in [0.1, 0.15) is 46.6 Å². The van der Waals surface area contributed by atoms with Crippen molar-refractivity contribution in [3.63, 3.8) is 0 Å². The van der Waals surface area contributed by atoms with Gasteiger partial charge in [-0.3, -0.25) is 4.79 Å². The molecule has 2 aromatic carbocycles. The summed E-state index contributed by atoms with van der Waals surface area (Å²) in [6.07, 6.45) is 4.94. The lowest BCUT2D eigenvalue weighted by Crippen LogP contribution is -2.44. The predicted molar refractivity (Wildman–Crippen MR) is 134 cm³/mol. The lowest BCUT2D eigenvalue weighted by molar-refractivity contribution is 0.102. The number of amides is 1. The van der Waals surface area contributed by atoms with Crippen LogP contribution in [0.25, 0.3) is 5.69 Å². The summed E-state index contributed by atoms with van der Waals surface area (Å²) in [5.41, 5.74) is 6.38. The quantitative estimate of drug-likeness (QED) is 0.578. The van der Waals surface area contributed by atoms with Gasteiger partial charge in [0.05, 0.1) is 5.69 Å². The van der Waals surface area contributed by atoms with Crippen molar-refractivity contribution in [2.24, 2.45) is 0 Å². The van der Waals surface area contributed by atoms with E-state index in [9.17, 15) is 9.18 Å². The predicted octanol–water partition coefficient (Wildman–Crippen LogP) is 4.59. The Kier molecular flexibility index (Phi) is 6.37. The van der Waals surface area contributed by atoms with E-state index < -0.39 is 0 Å². The van der Waals surface area contributed by atoms with Crippen LogP contribution in [0.4, 0.5) is 15.8 Å². The van der Waals surface area contributed by atoms with Gasteiger partial charge >= 0.3 is 0 Å². The van der Waals surface area contributed by atoms with Crippen LogP contribution in [0.2, 0.25) is 0 Å². The van der Waals surface area contributed by atoms with Crippen molar-refractivity contribution in [2.45, 2.75) is 39.0 Å². The highest BCUT2D eigenvalue weighted by Crippen LogP contribution is 2.28. The third-order valence-electron chi connectivity index (χ3n) is 7.04. The van der Waals surface area contributed by atoms with Crippen molar-refractivity contribution in [2.75, 3.05) is 43.4 Å². The minimum Gasteiger partial charge on any atom is -0.369 e. The third-order valence-corrected chi connectivity index (χ3v) is 7.04. The molecule has 2 heterocycles. The smallest absolute Gasteiger partial charge is 0.276 e. The van der Waals surface area contributed by atoms with Crippen molar-refractivity contribution >= 4 is 17.3 Å². The lowest BCUT2D eigenvalue weighted by atomic mass is 10.1. The molecule has 5 rings (SSSR count). The first kappa shape index (κ1) is 22.6. The average Bonchev–Trinajstić information content (AvgIpc) is 3.02. The summed E-state index contributed by atoms with van der Waals surface area (Å²) in [6.45, 7) is 6.16. The molecule has 1 aromatic heterocycles. The molecule has 2 aliphatic rings. The van der Waals surface area contributed by atoms with Gasteiger partial charge in [0.15, 0.2) is 5.69 Å². The Morgan fingerprint density at radius 3 is 2.38 bits per heavy atom. The SMILES string of the molecule is Cc1cc(N2CCN(C)CC2)ccc1NC(=O)c1nn(-c2ccc(F)cc2)c2c1CCCCC2. The second-order valence-corrected chi connectivity index (χ2v) is 9.47. The third kappa shape index (κ3) is 4.57. The molecule has 0 radical (unpaired) electrons. The Morgan fingerprint density at radius 1 is 0.941 bits per heavy atom. The highest BCUT2D eigenvalue weighted by atomic mass is 19.1. The Labute approximate surface area is 200 Å². The molecule has 1 aliphatic carbocycles. The number of benzene rings is 2. The number of nitrogens with one attached hydrogen (secondary N) is 1. The number of fused-ring (bicyclic) bond motifs is 1. The number of carbonyl (C=O) groups excluding carboxylic acids is 1. The number of anilines is 2. The van der Waals surface area contributed by atoms with Crippen molar-refractivity contribution in [1.82, 2.24) is 14.7 Å². The van der Waals surface area contributed by atoms with Crippen LogP contribution in [-0.2, 0) is 12.8 Å². The van der Waals surface area contributed by atoms with Crippen LogP contribution in [0.3, 0.4) is 0 Å². The second-order valence-electron chi connectivity index (χ2n) is 9.47. The van der Waals surface area contributed by atoms with Gasteiger partial charge in [0, 0.05) is 48.8 Å². The normalized spacial score (nSPS) is 16.7. The molecule has 0 unspecified atom stereocenters. The zero-order valence-corrected chi connectivity index (χ0v) is 20.0. The monoisotopic (exact) mass is 461 g/mol. The summed E-state index contributed by atoms with van der Waals surface area (Å²) in [6, 6.07) is 12.5. The van der Waals surface area contributed by atoms with Crippen LogP contribution in [0.5, 0.6) is 0 Å². The molecule has 1 fully saturated rings. The van der Waals surface area contributed by atoms with Gasteiger partial charge in [-0.05, 0) is 87.7 Å². The lowest BCUT2D eigenvalue weighted by Gasteiger charge is -2.34. The molecule has 1 saturated heterocycles. The first-order valence-electron chi connectivity index (χ1n) is 12.2. The molecule has 0 bridgehead atoms. The number of aromatic nitrogens is 2. The number of rotatable bonds is 4. The maximum Gasteiger partial charge on any atom is 0.276 e. The Morgan fingerprint density at radius 2 is 1.65 bits per heavy atom. The molecular weight excluding hydrogens is 429 g/mol. The molecule has 1 amide bonds. The summed E-state index contributed by atoms with van der Waals surface area (Å²) in [5.74, 6) is -0.468. The van der Waals surface area contributed by atoms with Crippen molar-refractivity contribution in [3.05, 3.63) is 70.8 Å². The van der Waals surface area contributed by atoms with Crippen LogP contribution in [-0.4, -0.2) is 53.8 Å². The zero-order valence-electron chi connectivity index (χ0n) is 20.0. The fourth-order valence-corrected chi connectivity index (χ4v) is 4.98. The minimum atomic E-state index is -0.282. The van der Waals surface area contributed by atoms with E-state index >= 15 is 0 Å². The molecule has 0 spiro atoms. The molecule has 1 N–H and O–H groups in total. The molecule has 0 atom stereocenters.